The van der Waals surface area contributed by atoms with Crippen molar-refractivity contribution < 1.29 is 28.5 Å². The predicted octanol–water partition coefficient (Wildman–Crippen LogP) is 6.98. The van der Waals surface area contributed by atoms with Gasteiger partial charge in [0.2, 0.25) is 0 Å². The molecule has 0 saturated carbocycles. The van der Waals surface area contributed by atoms with Crippen LogP contribution in [0.25, 0.3) is 0 Å². The van der Waals surface area contributed by atoms with Crippen LogP contribution in [0.5, 0.6) is 23.0 Å². The van der Waals surface area contributed by atoms with Crippen molar-refractivity contribution in [3.8, 4) is 23.0 Å². The van der Waals surface area contributed by atoms with Gasteiger partial charge in [0.15, 0.2) is 29.6 Å². The van der Waals surface area contributed by atoms with Crippen molar-refractivity contribution in [3.05, 3.63) is 109 Å². The molecular weight excluding hydrogens is 708 g/mol. The standard InChI is InChI=1S/C31H26Cl2IN3O6/c1-40-27-14-21(8-11-26(27)42-17-19-6-4-3-5-7-19)31(39)37-35-16-20-12-25(34)30(28(13-20)41-2)43-18-29(38)36-22-9-10-23(32)24(33)15-22/h3-16H,17-18H2,1-2H3,(H,36,38)(H,37,39)/b35-16+. The fraction of sp³-hybridized carbons (Fsp3) is 0.129. The fourth-order valence-corrected chi connectivity index (χ4v) is 4.84. The number of hydrogen-bond donors (Lipinski definition) is 2. The topological polar surface area (TPSA) is 107 Å². The lowest BCUT2D eigenvalue weighted by atomic mass is 10.2. The lowest BCUT2D eigenvalue weighted by molar-refractivity contribution is -0.118. The molecular formula is C31H26Cl2IN3O6. The van der Waals surface area contributed by atoms with Gasteiger partial charge in [-0.3, -0.25) is 9.59 Å². The molecule has 43 heavy (non-hydrogen) atoms. The van der Waals surface area contributed by atoms with Crippen molar-refractivity contribution in [2.75, 3.05) is 26.1 Å². The minimum Gasteiger partial charge on any atom is -0.493 e. The van der Waals surface area contributed by atoms with E-state index < -0.39 is 11.8 Å². The first-order chi connectivity index (χ1) is 20.8. The van der Waals surface area contributed by atoms with Crippen LogP contribution in [0.2, 0.25) is 10.0 Å². The minimum atomic E-state index is -0.432. The van der Waals surface area contributed by atoms with E-state index in [9.17, 15) is 9.59 Å². The Balaban J connectivity index is 1.35. The number of rotatable bonds is 12. The third-order valence-corrected chi connectivity index (χ3v) is 7.39. The van der Waals surface area contributed by atoms with Crippen LogP contribution >= 0.6 is 45.8 Å². The van der Waals surface area contributed by atoms with Crippen LogP contribution in [0.4, 0.5) is 5.69 Å². The van der Waals surface area contributed by atoms with E-state index in [1.54, 1.807) is 48.5 Å². The third-order valence-electron chi connectivity index (χ3n) is 5.85. The highest BCUT2D eigenvalue weighted by Gasteiger charge is 2.15. The molecule has 0 saturated heterocycles. The van der Waals surface area contributed by atoms with Gasteiger partial charge < -0.3 is 24.3 Å². The average Bonchev–Trinajstić information content (AvgIpc) is 3.01. The first-order valence-corrected chi connectivity index (χ1v) is 14.5. The van der Waals surface area contributed by atoms with Crippen molar-refractivity contribution in [3.63, 3.8) is 0 Å². The Morgan fingerprint density at radius 2 is 1.63 bits per heavy atom. The SMILES string of the molecule is COc1cc(C(=O)N/N=C/c2cc(I)c(OCC(=O)Nc3ccc(Cl)c(Cl)c3)c(OC)c2)ccc1OCc1ccccc1. The quantitative estimate of drug-likeness (QED) is 0.0925. The highest BCUT2D eigenvalue weighted by Crippen LogP contribution is 2.34. The molecule has 4 aromatic rings. The largest absolute Gasteiger partial charge is 0.493 e. The molecule has 4 rings (SSSR count). The molecule has 0 radical (unpaired) electrons. The summed E-state index contributed by atoms with van der Waals surface area (Å²) < 4.78 is 23.1. The smallest absolute Gasteiger partial charge is 0.271 e. The maximum Gasteiger partial charge on any atom is 0.271 e. The van der Waals surface area contributed by atoms with Gasteiger partial charge in [0, 0.05) is 11.3 Å². The summed E-state index contributed by atoms with van der Waals surface area (Å²) in [4.78, 5) is 25.1. The Labute approximate surface area is 272 Å². The first kappa shape index (κ1) is 31.9. The summed E-state index contributed by atoms with van der Waals surface area (Å²) >= 11 is 14.0. The molecule has 9 nitrogen and oxygen atoms in total. The number of amides is 2. The van der Waals surface area contributed by atoms with Crippen LogP contribution in [0.1, 0.15) is 21.5 Å². The van der Waals surface area contributed by atoms with Crippen molar-refractivity contribution >= 4 is 69.5 Å². The van der Waals surface area contributed by atoms with Crippen molar-refractivity contribution in [2.45, 2.75) is 6.61 Å². The van der Waals surface area contributed by atoms with Gasteiger partial charge in [-0.25, -0.2) is 5.43 Å². The van der Waals surface area contributed by atoms with Crippen LogP contribution in [-0.4, -0.2) is 38.9 Å². The Hall–Kier alpha value is -4.00. The Bertz CT molecular complexity index is 1640. The summed E-state index contributed by atoms with van der Waals surface area (Å²) in [6, 6.07) is 22.8. The summed E-state index contributed by atoms with van der Waals surface area (Å²) in [7, 11) is 2.99. The summed E-state index contributed by atoms with van der Waals surface area (Å²) in [6.07, 6.45) is 1.47. The maximum absolute atomic E-state index is 12.7. The monoisotopic (exact) mass is 733 g/mol. The second-order valence-electron chi connectivity index (χ2n) is 8.84. The van der Waals surface area contributed by atoms with E-state index in [-0.39, 0.29) is 6.61 Å². The van der Waals surface area contributed by atoms with Crippen molar-refractivity contribution in [1.82, 2.24) is 5.43 Å². The highest BCUT2D eigenvalue weighted by atomic mass is 127. The number of anilines is 1. The van der Waals surface area contributed by atoms with E-state index in [4.69, 9.17) is 42.1 Å². The normalized spacial score (nSPS) is 10.7. The van der Waals surface area contributed by atoms with Crippen LogP contribution in [0, 0.1) is 3.57 Å². The molecule has 0 aliphatic heterocycles. The van der Waals surface area contributed by atoms with Gasteiger partial charge in [0.1, 0.15) is 6.61 Å². The summed E-state index contributed by atoms with van der Waals surface area (Å²) in [5.41, 5.74) is 4.99. The average molecular weight is 734 g/mol. The van der Waals surface area contributed by atoms with Crippen LogP contribution in [-0.2, 0) is 11.4 Å². The first-order valence-electron chi connectivity index (χ1n) is 12.7. The molecule has 0 aliphatic carbocycles. The van der Waals surface area contributed by atoms with Crippen molar-refractivity contribution in [2.24, 2.45) is 5.10 Å². The summed E-state index contributed by atoms with van der Waals surface area (Å²) in [5.74, 6) is 0.888. The second-order valence-corrected chi connectivity index (χ2v) is 10.8. The molecule has 0 atom stereocenters. The third kappa shape index (κ3) is 8.99. The zero-order valence-electron chi connectivity index (χ0n) is 23.0. The van der Waals surface area contributed by atoms with Gasteiger partial charge in [-0.15, -0.1) is 0 Å². The van der Waals surface area contributed by atoms with Crippen molar-refractivity contribution in [1.29, 1.82) is 0 Å². The maximum atomic E-state index is 12.7. The van der Waals surface area contributed by atoms with Crippen LogP contribution in [0.15, 0.2) is 84.0 Å². The van der Waals surface area contributed by atoms with E-state index >= 15 is 0 Å². The Morgan fingerprint density at radius 1 is 0.860 bits per heavy atom. The molecule has 2 amide bonds. The number of nitrogens with zero attached hydrogens (tertiary/aromatic N) is 1. The lowest BCUT2D eigenvalue weighted by Crippen LogP contribution is -2.20. The Morgan fingerprint density at radius 3 is 2.35 bits per heavy atom. The molecule has 4 aromatic carbocycles. The molecule has 222 valence electrons. The zero-order valence-corrected chi connectivity index (χ0v) is 26.7. The number of halogens is 3. The highest BCUT2D eigenvalue weighted by molar-refractivity contribution is 14.1. The molecule has 0 aliphatic rings. The van der Waals surface area contributed by atoms with E-state index in [1.165, 1.54) is 20.4 Å². The molecule has 0 bridgehead atoms. The lowest BCUT2D eigenvalue weighted by Gasteiger charge is -2.14. The molecule has 0 aromatic heterocycles. The fourth-order valence-electron chi connectivity index (χ4n) is 3.76. The summed E-state index contributed by atoms with van der Waals surface area (Å²) in [5, 5.41) is 7.48. The number of nitrogens with one attached hydrogen (secondary N) is 2. The van der Waals surface area contributed by atoms with Crippen LogP contribution < -0.4 is 29.7 Å². The molecule has 12 heteroatoms. The van der Waals surface area contributed by atoms with Gasteiger partial charge >= 0.3 is 0 Å². The second kappa shape index (κ2) is 15.5. The van der Waals surface area contributed by atoms with Gasteiger partial charge in [0.05, 0.1) is 34.0 Å². The predicted molar refractivity (Wildman–Crippen MR) is 175 cm³/mol. The number of carbonyl (C=O) groups excluding carboxylic acids is 2. The molecule has 0 heterocycles. The molecule has 2 N–H and O–H groups in total. The van der Waals surface area contributed by atoms with E-state index in [2.05, 4.69) is 38.4 Å². The minimum absolute atomic E-state index is 0.268. The molecule has 0 spiro atoms. The summed E-state index contributed by atoms with van der Waals surface area (Å²) in [6.45, 7) is 0.0979. The van der Waals surface area contributed by atoms with E-state index in [0.717, 1.165) is 5.56 Å². The van der Waals surface area contributed by atoms with Gasteiger partial charge in [-0.2, -0.15) is 5.10 Å². The zero-order chi connectivity index (χ0) is 30.8. The Kier molecular flexibility index (Phi) is 11.5. The van der Waals surface area contributed by atoms with Gasteiger partial charge in [0.25, 0.3) is 11.8 Å². The van der Waals surface area contributed by atoms with E-state index in [0.29, 0.717) is 60.0 Å². The number of carbonyl (C=O) groups is 2. The molecule has 0 unspecified atom stereocenters. The van der Waals surface area contributed by atoms with Crippen LogP contribution in [0.3, 0.4) is 0 Å². The van der Waals surface area contributed by atoms with Gasteiger partial charge in [-0.05, 0) is 82.2 Å². The van der Waals surface area contributed by atoms with E-state index in [1.807, 2.05) is 30.3 Å². The number of ether oxygens (including phenoxy) is 4. The number of methoxy groups -OCH3 is 2. The number of benzene rings is 4. The van der Waals surface area contributed by atoms with Gasteiger partial charge in [-0.1, -0.05) is 53.5 Å². The number of hydrazone groups is 1. The molecule has 0 fully saturated rings. The number of hydrogen-bond acceptors (Lipinski definition) is 7.